The summed E-state index contributed by atoms with van der Waals surface area (Å²) in [6.45, 7) is 4.78. The van der Waals surface area contributed by atoms with Crippen LogP contribution in [0.3, 0.4) is 0 Å². The van der Waals surface area contributed by atoms with E-state index in [0.29, 0.717) is 0 Å². The van der Waals surface area contributed by atoms with Gasteiger partial charge in [0.1, 0.15) is 0 Å². The van der Waals surface area contributed by atoms with Crippen molar-refractivity contribution >= 4 is 11.8 Å². The highest BCUT2D eigenvalue weighted by Gasteiger charge is 1.96. The fraction of sp³-hybridized carbons (Fsp3) is 0.538. The van der Waals surface area contributed by atoms with Crippen LogP contribution in [0.4, 0.5) is 0 Å². The fourth-order valence-corrected chi connectivity index (χ4v) is 2.26. The van der Waals surface area contributed by atoms with Crippen LogP contribution in [0.1, 0.15) is 18.9 Å². The normalized spacial score (nSPS) is 10.6. The first-order valence-electron chi connectivity index (χ1n) is 5.81. The maximum Gasteiger partial charge on any atom is 0.0560 e. The van der Waals surface area contributed by atoms with Crippen LogP contribution < -0.4 is 5.32 Å². The van der Waals surface area contributed by atoms with Gasteiger partial charge in [-0.25, -0.2) is 0 Å². The Kier molecular flexibility index (Phi) is 7.30. The highest BCUT2D eigenvalue weighted by atomic mass is 32.2. The minimum Gasteiger partial charge on any atom is -0.381 e. The molecule has 1 aromatic rings. The second-order valence-electron chi connectivity index (χ2n) is 3.64. The second-order valence-corrected chi connectivity index (χ2v) is 4.81. The van der Waals surface area contributed by atoms with Gasteiger partial charge in [-0.3, -0.25) is 0 Å². The molecule has 0 aliphatic rings. The Morgan fingerprint density at radius 1 is 1.31 bits per heavy atom. The Morgan fingerprint density at radius 3 is 2.94 bits per heavy atom. The molecule has 16 heavy (non-hydrogen) atoms. The van der Waals surface area contributed by atoms with Crippen molar-refractivity contribution in [1.29, 1.82) is 0 Å². The van der Waals surface area contributed by atoms with E-state index in [9.17, 15) is 0 Å². The van der Waals surface area contributed by atoms with E-state index in [4.69, 9.17) is 4.74 Å². The number of nitrogens with one attached hydrogen (secondary N) is 1. The third-order valence-corrected chi connectivity index (χ3v) is 3.08. The summed E-state index contributed by atoms with van der Waals surface area (Å²) < 4.78 is 5.45. The zero-order valence-corrected chi connectivity index (χ0v) is 11.0. The van der Waals surface area contributed by atoms with Gasteiger partial charge in [0.05, 0.1) is 6.61 Å². The van der Waals surface area contributed by atoms with E-state index in [0.717, 1.165) is 31.9 Å². The van der Waals surface area contributed by atoms with Crippen LogP contribution in [0.15, 0.2) is 29.2 Å². The van der Waals surface area contributed by atoms with Gasteiger partial charge in [0, 0.05) is 23.8 Å². The molecule has 3 heteroatoms. The lowest BCUT2D eigenvalue weighted by molar-refractivity contribution is 0.151. The van der Waals surface area contributed by atoms with Gasteiger partial charge in [-0.05, 0) is 31.2 Å². The molecule has 0 saturated carbocycles. The topological polar surface area (TPSA) is 21.3 Å². The maximum absolute atomic E-state index is 5.45. The smallest absolute Gasteiger partial charge is 0.0560 e. The zero-order chi connectivity index (χ0) is 11.6. The van der Waals surface area contributed by atoms with Crippen molar-refractivity contribution in [2.24, 2.45) is 0 Å². The van der Waals surface area contributed by atoms with E-state index in [1.807, 2.05) is 18.8 Å². The molecule has 1 N–H and O–H groups in total. The quantitative estimate of drug-likeness (QED) is 0.557. The van der Waals surface area contributed by atoms with E-state index in [2.05, 4.69) is 36.5 Å². The van der Waals surface area contributed by atoms with Crippen molar-refractivity contribution in [3.8, 4) is 0 Å². The predicted octanol–water partition coefficient (Wildman–Crippen LogP) is 2.92. The molecule has 0 bridgehead atoms. The van der Waals surface area contributed by atoms with Gasteiger partial charge >= 0.3 is 0 Å². The van der Waals surface area contributed by atoms with Gasteiger partial charge in [-0.1, -0.05) is 19.1 Å². The molecular weight excluding hydrogens is 218 g/mol. The molecule has 0 aromatic heterocycles. The third kappa shape index (κ3) is 5.54. The Hall–Kier alpha value is -0.510. The number of benzene rings is 1. The first-order chi connectivity index (χ1) is 7.86. The monoisotopic (exact) mass is 239 g/mol. The van der Waals surface area contributed by atoms with Crippen molar-refractivity contribution < 1.29 is 4.74 Å². The molecule has 0 atom stereocenters. The Bertz CT molecular complexity index is 291. The van der Waals surface area contributed by atoms with E-state index in [1.54, 1.807) is 0 Å². The van der Waals surface area contributed by atoms with Gasteiger partial charge in [0.25, 0.3) is 0 Å². The van der Waals surface area contributed by atoms with Crippen LogP contribution >= 0.6 is 11.8 Å². The van der Waals surface area contributed by atoms with Crippen LogP contribution in [0.5, 0.6) is 0 Å². The average molecular weight is 239 g/mol. The van der Waals surface area contributed by atoms with Crippen molar-refractivity contribution in [2.75, 3.05) is 26.0 Å². The Balaban J connectivity index is 2.27. The van der Waals surface area contributed by atoms with Crippen LogP contribution in [0.25, 0.3) is 0 Å². The molecule has 0 aliphatic heterocycles. The Morgan fingerprint density at radius 2 is 2.19 bits per heavy atom. The zero-order valence-electron chi connectivity index (χ0n) is 10.2. The highest BCUT2D eigenvalue weighted by molar-refractivity contribution is 7.99. The molecule has 0 spiro atoms. The molecule has 0 aliphatic carbocycles. The van der Waals surface area contributed by atoms with Gasteiger partial charge in [0.2, 0.25) is 0 Å². The van der Waals surface area contributed by atoms with Gasteiger partial charge < -0.3 is 10.1 Å². The molecular formula is C13H21NOS. The molecule has 0 saturated heterocycles. The average Bonchev–Trinajstić information content (AvgIpc) is 2.30. The van der Waals surface area contributed by atoms with E-state index in [-0.39, 0.29) is 0 Å². The molecule has 1 rings (SSSR count). The predicted molar refractivity (Wildman–Crippen MR) is 71.0 cm³/mol. The maximum atomic E-state index is 5.45. The van der Waals surface area contributed by atoms with E-state index < -0.39 is 0 Å². The summed E-state index contributed by atoms with van der Waals surface area (Å²) in [7, 11) is 1.97. The van der Waals surface area contributed by atoms with Crippen LogP contribution in [-0.2, 0) is 11.3 Å². The van der Waals surface area contributed by atoms with Crippen molar-refractivity contribution in [1.82, 2.24) is 5.32 Å². The summed E-state index contributed by atoms with van der Waals surface area (Å²) in [5.41, 5.74) is 1.34. The minimum atomic E-state index is 0.842. The van der Waals surface area contributed by atoms with Crippen LogP contribution in [-0.4, -0.2) is 26.0 Å². The number of ether oxygens (including phenoxy) is 1. The minimum absolute atomic E-state index is 0.842. The molecule has 0 heterocycles. The molecule has 90 valence electrons. The summed E-state index contributed by atoms with van der Waals surface area (Å²) in [5, 5.41) is 3.16. The molecule has 0 amide bonds. The summed E-state index contributed by atoms with van der Waals surface area (Å²) in [6, 6.07) is 8.65. The first-order valence-corrected chi connectivity index (χ1v) is 6.79. The largest absolute Gasteiger partial charge is 0.381 e. The molecule has 1 aromatic carbocycles. The third-order valence-electron chi connectivity index (χ3n) is 2.12. The van der Waals surface area contributed by atoms with E-state index >= 15 is 0 Å². The van der Waals surface area contributed by atoms with Gasteiger partial charge in [-0.2, -0.15) is 0 Å². The highest BCUT2D eigenvalue weighted by Crippen LogP contribution is 2.18. The van der Waals surface area contributed by atoms with Gasteiger partial charge in [-0.15, -0.1) is 11.8 Å². The summed E-state index contributed by atoms with van der Waals surface area (Å²) in [4.78, 5) is 1.33. The van der Waals surface area contributed by atoms with Crippen LogP contribution in [0, 0.1) is 0 Å². The van der Waals surface area contributed by atoms with Crippen LogP contribution in [0.2, 0.25) is 0 Å². The summed E-state index contributed by atoms with van der Waals surface area (Å²) in [6.07, 6.45) is 1.10. The molecule has 0 radical (unpaired) electrons. The fourth-order valence-electron chi connectivity index (χ4n) is 1.41. The van der Waals surface area contributed by atoms with Crippen molar-refractivity contribution in [2.45, 2.75) is 24.8 Å². The molecule has 0 unspecified atom stereocenters. The lowest BCUT2D eigenvalue weighted by atomic mass is 10.2. The summed E-state index contributed by atoms with van der Waals surface area (Å²) in [5.74, 6) is 1.03. The van der Waals surface area contributed by atoms with E-state index in [1.165, 1.54) is 10.5 Å². The molecule has 2 nitrogen and oxygen atoms in total. The Labute approximate surface area is 103 Å². The van der Waals surface area contributed by atoms with Crippen molar-refractivity contribution in [3.05, 3.63) is 29.8 Å². The molecule has 0 fully saturated rings. The summed E-state index contributed by atoms with van der Waals surface area (Å²) >= 11 is 1.86. The van der Waals surface area contributed by atoms with Crippen molar-refractivity contribution in [3.63, 3.8) is 0 Å². The number of thioether (sulfide) groups is 1. The SMILES string of the molecule is CCCOCCSc1cccc(CNC)c1. The second kappa shape index (κ2) is 8.62. The number of hydrogen-bond donors (Lipinski definition) is 1. The first kappa shape index (κ1) is 13.6. The number of rotatable bonds is 8. The van der Waals surface area contributed by atoms with Gasteiger partial charge in [0.15, 0.2) is 0 Å². The lowest BCUT2D eigenvalue weighted by Gasteiger charge is -2.05. The standard InChI is InChI=1S/C13H21NOS/c1-3-7-15-8-9-16-13-6-4-5-12(10-13)11-14-2/h4-6,10,14H,3,7-9,11H2,1-2H3. The number of hydrogen-bond acceptors (Lipinski definition) is 3. The lowest BCUT2D eigenvalue weighted by Crippen LogP contribution is -2.04.